The van der Waals surface area contributed by atoms with Crippen molar-refractivity contribution < 1.29 is 4.79 Å². The number of nitrogens with zero attached hydrogens (tertiary/aromatic N) is 2. The van der Waals surface area contributed by atoms with Crippen molar-refractivity contribution in [1.29, 1.82) is 0 Å². The van der Waals surface area contributed by atoms with E-state index in [1.54, 1.807) is 12.3 Å². The number of amidine groups is 1. The number of rotatable bonds is 2. The van der Waals surface area contributed by atoms with Gasteiger partial charge in [-0.05, 0) is 29.5 Å². The molecule has 0 unspecified atom stereocenters. The Balaban J connectivity index is 1.94. The molecule has 3 rings (SSSR count). The van der Waals surface area contributed by atoms with Gasteiger partial charge in [-0.1, -0.05) is 24.8 Å². The van der Waals surface area contributed by atoms with Gasteiger partial charge >= 0.3 is 0 Å². The van der Waals surface area contributed by atoms with E-state index in [1.807, 2.05) is 25.1 Å². The van der Waals surface area contributed by atoms with Gasteiger partial charge in [-0.2, -0.15) is 5.10 Å². The van der Waals surface area contributed by atoms with E-state index in [2.05, 4.69) is 20.5 Å². The Morgan fingerprint density at radius 2 is 2.32 bits per heavy atom. The SMILES string of the molecule is CCSC1=N/C(=C\c2ccc3[nH]ncc3c2)C(=O)N1. The molecule has 1 amide bonds. The van der Waals surface area contributed by atoms with Crippen molar-refractivity contribution in [3.63, 3.8) is 0 Å². The fourth-order valence-electron chi connectivity index (χ4n) is 1.86. The summed E-state index contributed by atoms with van der Waals surface area (Å²) in [6.45, 7) is 2.02. The molecular formula is C13H12N4OS. The lowest BCUT2D eigenvalue weighted by Crippen LogP contribution is -2.21. The molecule has 0 bridgehead atoms. The van der Waals surface area contributed by atoms with Crippen LogP contribution < -0.4 is 5.32 Å². The van der Waals surface area contributed by atoms with Crippen LogP contribution in [0.2, 0.25) is 0 Å². The molecule has 5 nitrogen and oxygen atoms in total. The van der Waals surface area contributed by atoms with Crippen molar-refractivity contribution in [2.24, 2.45) is 4.99 Å². The minimum atomic E-state index is -0.150. The summed E-state index contributed by atoms with van der Waals surface area (Å²) in [4.78, 5) is 16.0. The number of aromatic amines is 1. The molecule has 6 heteroatoms. The highest BCUT2D eigenvalue weighted by molar-refractivity contribution is 8.13. The summed E-state index contributed by atoms with van der Waals surface area (Å²) in [6.07, 6.45) is 3.54. The second kappa shape index (κ2) is 4.89. The minimum absolute atomic E-state index is 0.150. The van der Waals surface area contributed by atoms with E-state index in [0.29, 0.717) is 10.9 Å². The van der Waals surface area contributed by atoms with Crippen LogP contribution in [0.25, 0.3) is 17.0 Å². The Bertz CT molecular complexity index is 701. The summed E-state index contributed by atoms with van der Waals surface area (Å²) in [6, 6.07) is 5.84. The van der Waals surface area contributed by atoms with Gasteiger partial charge in [-0.3, -0.25) is 15.2 Å². The third-order valence-corrected chi connectivity index (χ3v) is 3.48. The van der Waals surface area contributed by atoms with Crippen LogP contribution in [-0.4, -0.2) is 27.0 Å². The summed E-state index contributed by atoms with van der Waals surface area (Å²) in [7, 11) is 0. The van der Waals surface area contributed by atoms with Gasteiger partial charge in [0.05, 0.1) is 11.7 Å². The third kappa shape index (κ3) is 2.39. The first-order chi connectivity index (χ1) is 9.26. The molecule has 1 aromatic carbocycles. The van der Waals surface area contributed by atoms with Crippen molar-refractivity contribution in [3.05, 3.63) is 35.7 Å². The predicted molar refractivity (Wildman–Crippen MR) is 77.8 cm³/mol. The Hall–Kier alpha value is -2.08. The maximum Gasteiger partial charge on any atom is 0.275 e. The average molecular weight is 272 g/mol. The van der Waals surface area contributed by atoms with Gasteiger partial charge < -0.3 is 0 Å². The van der Waals surface area contributed by atoms with Gasteiger partial charge in [0.1, 0.15) is 5.70 Å². The van der Waals surface area contributed by atoms with Gasteiger partial charge in [0.15, 0.2) is 5.17 Å². The molecule has 19 heavy (non-hydrogen) atoms. The maximum absolute atomic E-state index is 11.8. The number of aromatic nitrogens is 2. The molecule has 0 aliphatic carbocycles. The fourth-order valence-corrected chi connectivity index (χ4v) is 2.46. The normalized spacial score (nSPS) is 17.0. The molecule has 1 aliphatic rings. The number of nitrogens with one attached hydrogen (secondary N) is 2. The lowest BCUT2D eigenvalue weighted by atomic mass is 10.1. The lowest BCUT2D eigenvalue weighted by molar-refractivity contribution is -0.115. The largest absolute Gasteiger partial charge is 0.300 e. The van der Waals surface area contributed by atoms with Crippen LogP contribution in [0.1, 0.15) is 12.5 Å². The Kier molecular flexibility index (Phi) is 3.08. The highest BCUT2D eigenvalue weighted by Crippen LogP contribution is 2.19. The van der Waals surface area contributed by atoms with Crippen molar-refractivity contribution in [1.82, 2.24) is 15.5 Å². The molecule has 2 N–H and O–H groups in total. The summed E-state index contributed by atoms with van der Waals surface area (Å²) in [5.41, 5.74) is 2.35. The standard InChI is InChI=1S/C13H12N4OS/c1-2-19-13-15-11(12(18)16-13)6-8-3-4-10-9(5-8)7-14-17-10/h3-7H,2H2,1H3,(H,14,17)(H,15,16,18)/b11-6-. The van der Waals surface area contributed by atoms with Crippen LogP contribution in [0.4, 0.5) is 0 Å². The molecule has 0 saturated carbocycles. The number of hydrogen-bond acceptors (Lipinski definition) is 4. The quantitative estimate of drug-likeness (QED) is 0.823. The molecule has 2 heterocycles. The van der Waals surface area contributed by atoms with Gasteiger partial charge in [0.25, 0.3) is 5.91 Å². The smallest absolute Gasteiger partial charge is 0.275 e. The number of fused-ring (bicyclic) bond motifs is 1. The molecule has 0 saturated heterocycles. The zero-order chi connectivity index (χ0) is 13.2. The van der Waals surface area contributed by atoms with Crippen LogP contribution in [-0.2, 0) is 4.79 Å². The first kappa shape index (κ1) is 12.0. The van der Waals surface area contributed by atoms with Gasteiger partial charge in [0.2, 0.25) is 0 Å². The number of carbonyl (C=O) groups is 1. The minimum Gasteiger partial charge on any atom is -0.300 e. The zero-order valence-corrected chi connectivity index (χ0v) is 11.1. The second-order valence-corrected chi connectivity index (χ2v) is 5.30. The number of thioether (sulfide) groups is 1. The van der Waals surface area contributed by atoms with E-state index < -0.39 is 0 Å². The maximum atomic E-state index is 11.8. The number of H-pyrrole nitrogens is 1. The monoisotopic (exact) mass is 272 g/mol. The van der Waals surface area contributed by atoms with E-state index in [-0.39, 0.29) is 5.91 Å². The third-order valence-electron chi connectivity index (χ3n) is 2.72. The number of carbonyl (C=O) groups excluding carboxylic acids is 1. The molecule has 0 atom stereocenters. The van der Waals surface area contributed by atoms with Gasteiger partial charge in [0, 0.05) is 5.39 Å². The van der Waals surface area contributed by atoms with E-state index in [4.69, 9.17) is 0 Å². The van der Waals surface area contributed by atoms with Crippen LogP contribution >= 0.6 is 11.8 Å². The number of benzene rings is 1. The summed E-state index contributed by atoms with van der Waals surface area (Å²) in [5, 5.41) is 11.3. The topological polar surface area (TPSA) is 70.1 Å². The summed E-state index contributed by atoms with van der Waals surface area (Å²) in [5.74, 6) is 0.733. The molecular weight excluding hydrogens is 260 g/mol. The predicted octanol–water partition coefficient (Wildman–Crippen LogP) is 2.14. The summed E-state index contributed by atoms with van der Waals surface area (Å²) >= 11 is 1.52. The van der Waals surface area contributed by atoms with E-state index in [9.17, 15) is 4.79 Å². The highest BCUT2D eigenvalue weighted by atomic mass is 32.2. The first-order valence-corrected chi connectivity index (χ1v) is 6.92. The zero-order valence-electron chi connectivity index (χ0n) is 10.3. The van der Waals surface area contributed by atoms with Crippen molar-refractivity contribution in [2.45, 2.75) is 6.92 Å². The molecule has 0 spiro atoms. The number of aliphatic imine (C=N–C) groups is 1. The Morgan fingerprint density at radius 1 is 1.42 bits per heavy atom. The Morgan fingerprint density at radius 3 is 3.16 bits per heavy atom. The molecule has 2 aromatic rings. The van der Waals surface area contributed by atoms with Gasteiger partial charge in [-0.15, -0.1) is 0 Å². The lowest BCUT2D eigenvalue weighted by Gasteiger charge is -1.95. The van der Waals surface area contributed by atoms with E-state index in [1.165, 1.54) is 11.8 Å². The number of hydrogen-bond donors (Lipinski definition) is 2. The van der Waals surface area contributed by atoms with E-state index >= 15 is 0 Å². The van der Waals surface area contributed by atoms with Crippen LogP contribution in [0, 0.1) is 0 Å². The molecule has 1 aromatic heterocycles. The Labute approximate surface area is 114 Å². The number of amides is 1. The average Bonchev–Trinajstić information content (AvgIpc) is 2.97. The second-order valence-electron chi connectivity index (χ2n) is 4.05. The highest BCUT2D eigenvalue weighted by Gasteiger charge is 2.19. The first-order valence-electron chi connectivity index (χ1n) is 5.94. The van der Waals surface area contributed by atoms with Crippen LogP contribution in [0.3, 0.4) is 0 Å². The van der Waals surface area contributed by atoms with Crippen LogP contribution in [0.15, 0.2) is 35.1 Å². The molecule has 0 fully saturated rings. The van der Waals surface area contributed by atoms with Crippen molar-refractivity contribution >= 4 is 39.8 Å². The fraction of sp³-hybridized carbons (Fsp3) is 0.154. The molecule has 1 aliphatic heterocycles. The van der Waals surface area contributed by atoms with E-state index in [0.717, 1.165) is 22.2 Å². The molecule has 0 radical (unpaired) electrons. The molecule has 96 valence electrons. The van der Waals surface area contributed by atoms with Crippen molar-refractivity contribution in [2.75, 3.05) is 5.75 Å². The van der Waals surface area contributed by atoms with Crippen LogP contribution in [0.5, 0.6) is 0 Å². The summed E-state index contributed by atoms with van der Waals surface area (Å²) < 4.78 is 0. The van der Waals surface area contributed by atoms with Gasteiger partial charge in [-0.25, -0.2) is 4.99 Å². The van der Waals surface area contributed by atoms with Crippen molar-refractivity contribution in [3.8, 4) is 0 Å².